The van der Waals surface area contributed by atoms with Gasteiger partial charge in [0.25, 0.3) is 0 Å². The number of halogens is 5. The van der Waals surface area contributed by atoms with Gasteiger partial charge in [-0.05, 0) is 109 Å². The first-order chi connectivity index (χ1) is 22.7. The van der Waals surface area contributed by atoms with E-state index in [0.29, 0.717) is 42.6 Å². The van der Waals surface area contributed by atoms with Crippen molar-refractivity contribution in [1.82, 2.24) is 0 Å². The second-order valence-corrected chi connectivity index (χ2v) is 12.3. The molecular formula is C38H39F5N2O3. The minimum atomic E-state index is -4.19. The monoisotopic (exact) mass is 666 g/mol. The number of nitrogen functional groups attached to an aromatic ring is 2. The molecule has 0 saturated heterocycles. The number of carbonyl (C=O) groups excluding carboxylic acids is 1. The highest BCUT2D eigenvalue weighted by atomic mass is 19.4. The van der Waals surface area contributed by atoms with E-state index in [1.807, 2.05) is 55.5 Å². The second kappa shape index (κ2) is 15.8. The molecule has 4 N–H and O–H groups in total. The summed E-state index contributed by atoms with van der Waals surface area (Å²) >= 11 is 0. The number of benzene rings is 4. The number of carbonyl (C=O) groups is 1. The van der Waals surface area contributed by atoms with Gasteiger partial charge in [0.1, 0.15) is 5.75 Å². The number of anilines is 2. The van der Waals surface area contributed by atoms with Crippen molar-refractivity contribution in [3.63, 3.8) is 0 Å². The van der Waals surface area contributed by atoms with Gasteiger partial charge in [0.15, 0.2) is 0 Å². The summed E-state index contributed by atoms with van der Waals surface area (Å²) in [5.41, 5.74) is 15.5. The van der Waals surface area contributed by atoms with Crippen LogP contribution in [0.15, 0.2) is 103 Å². The molecule has 0 heterocycles. The molecule has 10 heteroatoms. The van der Waals surface area contributed by atoms with Crippen molar-refractivity contribution in [3.8, 4) is 5.75 Å². The third kappa shape index (κ3) is 11.7. The lowest BCUT2D eigenvalue weighted by molar-refractivity contribution is -0.185. The molecular weight excluding hydrogens is 627 g/mol. The maximum absolute atomic E-state index is 14.9. The van der Waals surface area contributed by atoms with Crippen LogP contribution in [0.4, 0.5) is 33.3 Å². The van der Waals surface area contributed by atoms with E-state index in [4.69, 9.17) is 20.9 Å². The van der Waals surface area contributed by atoms with Gasteiger partial charge < -0.3 is 20.9 Å². The van der Waals surface area contributed by atoms with E-state index in [2.05, 4.69) is 0 Å². The molecule has 0 bridgehead atoms. The number of alkyl halides is 5. The lowest BCUT2D eigenvalue weighted by atomic mass is 9.79. The van der Waals surface area contributed by atoms with Gasteiger partial charge in [0, 0.05) is 29.3 Å². The van der Waals surface area contributed by atoms with Crippen molar-refractivity contribution in [1.29, 1.82) is 0 Å². The SMILES string of the molecule is CC(COC(=O)/C=C/c1ccc(C(F)(F)Oc2ccc(CCCCC(F)(F)F)cc2)cc1)(Cc1ccc(N)cc1)Cc1ccc(N)cc1. The molecule has 0 amide bonds. The molecule has 0 unspecified atom stereocenters. The van der Waals surface area contributed by atoms with Crippen molar-refractivity contribution in [2.24, 2.45) is 5.41 Å². The number of hydrogen-bond donors (Lipinski definition) is 2. The first kappa shape index (κ1) is 36.0. The standard InChI is InChI=1S/C38H39F5N2O3/c1-36(24-29-7-16-32(44)17-8-29,25-30-9-18-33(45)19-10-30)26-47-35(46)22-13-28-5-14-31(15-6-28)38(42,43)48-34-20-11-27(12-21-34)4-2-3-23-37(39,40)41/h5-22H,2-4,23-26,44-45H2,1H3/b22-13+. The lowest BCUT2D eigenvalue weighted by Gasteiger charge is -2.29. The predicted octanol–water partition coefficient (Wildman–Crippen LogP) is 9.30. The molecule has 0 aromatic heterocycles. The topological polar surface area (TPSA) is 87.6 Å². The minimum Gasteiger partial charge on any atom is -0.462 e. The first-order valence-corrected chi connectivity index (χ1v) is 15.5. The zero-order valence-electron chi connectivity index (χ0n) is 26.6. The molecule has 0 radical (unpaired) electrons. The number of hydrogen-bond acceptors (Lipinski definition) is 5. The van der Waals surface area contributed by atoms with Crippen molar-refractivity contribution in [2.45, 2.75) is 57.7 Å². The smallest absolute Gasteiger partial charge is 0.426 e. The molecule has 0 fully saturated rings. The fraction of sp³-hybridized carbons (Fsp3) is 0.289. The Kier molecular flexibility index (Phi) is 11.9. The average molecular weight is 667 g/mol. The summed E-state index contributed by atoms with van der Waals surface area (Å²) in [6, 6.07) is 26.2. The summed E-state index contributed by atoms with van der Waals surface area (Å²) in [5, 5.41) is 0. The summed E-state index contributed by atoms with van der Waals surface area (Å²) in [6.45, 7) is 2.17. The highest BCUT2D eigenvalue weighted by Gasteiger charge is 2.34. The van der Waals surface area contributed by atoms with E-state index in [9.17, 15) is 26.7 Å². The van der Waals surface area contributed by atoms with Crippen LogP contribution < -0.4 is 16.2 Å². The number of ether oxygens (including phenoxy) is 2. The molecule has 4 aromatic carbocycles. The molecule has 254 valence electrons. The zero-order valence-corrected chi connectivity index (χ0v) is 26.6. The van der Waals surface area contributed by atoms with E-state index in [0.717, 1.165) is 16.7 Å². The Labute approximate surface area is 277 Å². The Morgan fingerprint density at radius 2 is 1.23 bits per heavy atom. The molecule has 48 heavy (non-hydrogen) atoms. The number of unbranched alkanes of at least 4 members (excludes halogenated alkanes) is 1. The summed E-state index contributed by atoms with van der Waals surface area (Å²) < 4.78 is 77.2. The van der Waals surface area contributed by atoms with Gasteiger partial charge in [-0.3, -0.25) is 0 Å². The normalized spacial score (nSPS) is 12.3. The van der Waals surface area contributed by atoms with E-state index in [1.165, 1.54) is 48.6 Å². The van der Waals surface area contributed by atoms with Gasteiger partial charge in [-0.15, -0.1) is 0 Å². The zero-order chi connectivity index (χ0) is 34.8. The molecule has 4 rings (SSSR count). The Bertz CT molecular complexity index is 1590. The fourth-order valence-corrected chi connectivity index (χ4v) is 5.25. The van der Waals surface area contributed by atoms with Crippen molar-refractivity contribution in [2.75, 3.05) is 18.1 Å². The first-order valence-electron chi connectivity index (χ1n) is 15.5. The fourth-order valence-electron chi connectivity index (χ4n) is 5.25. The number of rotatable bonds is 15. The van der Waals surface area contributed by atoms with Crippen molar-refractivity contribution < 1.29 is 36.2 Å². The number of nitrogens with two attached hydrogens (primary N) is 2. The van der Waals surface area contributed by atoms with Crippen LogP contribution in [0.25, 0.3) is 6.08 Å². The van der Waals surface area contributed by atoms with Crippen LogP contribution in [0.1, 0.15) is 54.0 Å². The van der Waals surface area contributed by atoms with Gasteiger partial charge in [-0.1, -0.05) is 55.5 Å². The molecule has 0 aliphatic heterocycles. The molecule has 0 spiro atoms. The Morgan fingerprint density at radius 3 is 1.75 bits per heavy atom. The average Bonchev–Trinajstić information content (AvgIpc) is 3.04. The molecule has 4 aromatic rings. The Morgan fingerprint density at radius 1 is 0.708 bits per heavy atom. The molecule has 0 saturated carbocycles. The summed E-state index contributed by atoms with van der Waals surface area (Å²) in [4.78, 5) is 12.7. The van der Waals surface area contributed by atoms with Crippen LogP contribution in [0.3, 0.4) is 0 Å². The van der Waals surface area contributed by atoms with Gasteiger partial charge in [-0.25, -0.2) is 4.79 Å². The maximum atomic E-state index is 14.9. The van der Waals surface area contributed by atoms with E-state index in [-0.39, 0.29) is 24.3 Å². The molecule has 0 atom stereocenters. The van der Waals surface area contributed by atoms with Gasteiger partial charge in [0.05, 0.1) is 12.2 Å². The quantitative estimate of drug-likeness (QED) is 0.0434. The van der Waals surface area contributed by atoms with Gasteiger partial charge >= 0.3 is 18.3 Å². The number of esters is 1. The van der Waals surface area contributed by atoms with Crippen LogP contribution in [0.2, 0.25) is 0 Å². The molecule has 5 nitrogen and oxygen atoms in total. The van der Waals surface area contributed by atoms with E-state index in [1.54, 1.807) is 12.1 Å². The predicted molar refractivity (Wildman–Crippen MR) is 178 cm³/mol. The van der Waals surface area contributed by atoms with E-state index >= 15 is 0 Å². The second-order valence-electron chi connectivity index (χ2n) is 12.3. The Hall–Kier alpha value is -4.86. The largest absolute Gasteiger partial charge is 0.462 e. The third-order valence-electron chi connectivity index (χ3n) is 7.79. The van der Waals surface area contributed by atoms with Gasteiger partial charge in [0.2, 0.25) is 0 Å². The van der Waals surface area contributed by atoms with Crippen LogP contribution in [-0.4, -0.2) is 18.8 Å². The molecule has 0 aliphatic carbocycles. The minimum absolute atomic E-state index is 0.00223. The molecule has 0 aliphatic rings. The summed E-state index contributed by atoms with van der Waals surface area (Å²) in [7, 11) is 0. The van der Waals surface area contributed by atoms with Crippen molar-refractivity contribution in [3.05, 3.63) is 131 Å². The van der Waals surface area contributed by atoms with Crippen molar-refractivity contribution >= 4 is 23.4 Å². The Balaban J connectivity index is 1.31. The van der Waals surface area contributed by atoms with E-state index < -0.39 is 30.1 Å². The van der Waals surface area contributed by atoms with Crippen LogP contribution in [0.5, 0.6) is 5.75 Å². The summed E-state index contributed by atoms with van der Waals surface area (Å²) in [6.07, 6.45) is -3.95. The van der Waals surface area contributed by atoms with Crippen LogP contribution in [-0.2, 0) is 34.9 Å². The van der Waals surface area contributed by atoms with Crippen LogP contribution in [0, 0.1) is 5.41 Å². The highest BCUT2D eigenvalue weighted by Crippen LogP contribution is 2.33. The maximum Gasteiger partial charge on any atom is 0.426 e. The lowest BCUT2D eigenvalue weighted by Crippen LogP contribution is -2.30. The highest BCUT2D eigenvalue weighted by molar-refractivity contribution is 5.87. The third-order valence-corrected chi connectivity index (χ3v) is 7.79. The van der Waals surface area contributed by atoms with Gasteiger partial charge in [-0.2, -0.15) is 22.0 Å². The van der Waals surface area contributed by atoms with Crippen LogP contribution >= 0.6 is 0 Å². The summed E-state index contributed by atoms with van der Waals surface area (Å²) in [5.74, 6) is -0.650. The number of aryl methyl sites for hydroxylation is 1.